The highest BCUT2D eigenvalue weighted by Crippen LogP contribution is 2.30. The Morgan fingerprint density at radius 2 is 1.93 bits per heavy atom. The van der Waals surface area contributed by atoms with Gasteiger partial charge in [0.05, 0.1) is 7.11 Å². The Morgan fingerprint density at radius 1 is 1.47 bits per heavy atom. The molecule has 0 aromatic carbocycles. The van der Waals surface area contributed by atoms with Crippen molar-refractivity contribution in [1.29, 1.82) is 0 Å². The quantitative estimate of drug-likeness (QED) is 0.662. The minimum absolute atomic E-state index is 0.101. The molecule has 1 rings (SSSR count). The van der Waals surface area contributed by atoms with Gasteiger partial charge in [-0.2, -0.15) is 0 Å². The van der Waals surface area contributed by atoms with Crippen LogP contribution in [-0.4, -0.2) is 42.4 Å². The number of likely N-dealkylation sites (N-methyl/N-ethyl adjacent to an activating group) is 1. The molecule has 0 aromatic rings. The molecule has 0 saturated heterocycles. The van der Waals surface area contributed by atoms with Crippen molar-refractivity contribution in [2.24, 2.45) is 10.9 Å². The van der Waals surface area contributed by atoms with Gasteiger partial charge in [0.1, 0.15) is 17.4 Å². The lowest BCUT2D eigenvalue weighted by Crippen LogP contribution is -2.46. The SMILES string of the molecule is COC(=O)[C@H](C(C)C)N(C)C1=NC1(C)C. The lowest BCUT2D eigenvalue weighted by atomic mass is 10.0. The molecule has 0 bridgehead atoms. The zero-order valence-electron chi connectivity index (χ0n) is 10.4. The summed E-state index contributed by atoms with van der Waals surface area (Å²) in [4.78, 5) is 17.9. The van der Waals surface area contributed by atoms with Gasteiger partial charge in [0.25, 0.3) is 0 Å². The topological polar surface area (TPSA) is 41.9 Å². The second-order valence-corrected chi connectivity index (χ2v) is 4.82. The molecule has 1 atom stereocenters. The highest BCUT2D eigenvalue weighted by Gasteiger charge is 2.44. The standard InChI is InChI=1S/C11H20N2O2/c1-7(2)8(9(14)15-6)13(5)10-11(3,4)12-10/h7-8H,1-6H3/t8-/m0/s1. The van der Waals surface area contributed by atoms with E-state index in [1.807, 2.05) is 39.6 Å². The maximum absolute atomic E-state index is 11.6. The minimum atomic E-state index is -0.240. The van der Waals surface area contributed by atoms with Crippen LogP contribution >= 0.6 is 0 Å². The van der Waals surface area contributed by atoms with Crippen LogP contribution in [0.15, 0.2) is 4.99 Å². The Morgan fingerprint density at radius 3 is 2.20 bits per heavy atom. The maximum atomic E-state index is 11.6. The molecule has 0 fully saturated rings. The fourth-order valence-electron chi connectivity index (χ4n) is 1.88. The monoisotopic (exact) mass is 212 g/mol. The van der Waals surface area contributed by atoms with Crippen molar-refractivity contribution in [2.75, 3.05) is 14.2 Å². The molecule has 1 heterocycles. The summed E-state index contributed by atoms with van der Waals surface area (Å²) in [6.45, 7) is 8.09. The molecule has 4 nitrogen and oxygen atoms in total. The molecule has 4 heteroatoms. The molecular formula is C11H20N2O2. The number of hydrogen-bond donors (Lipinski definition) is 0. The second-order valence-electron chi connectivity index (χ2n) is 4.82. The van der Waals surface area contributed by atoms with Crippen LogP contribution in [0.5, 0.6) is 0 Å². The van der Waals surface area contributed by atoms with Crippen LogP contribution in [-0.2, 0) is 9.53 Å². The van der Waals surface area contributed by atoms with Crippen molar-refractivity contribution in [3.8, 4) is 0 Å². The smallest absolute Gasteiger partial charge is 0.328 e. The Kier molecular flexibility index (Phi) is 3.07. The van der Waals surface area contributed by atoms with Gasteiger partial charge < -0.3 is 9.64 Å². The fraction of sp³-hybridized carbons (Fsp3) is 0.818. The summed E-state index contributed by atoms with van der Waals surface area (Å²) in [6, 6.07) is -0.240. The third-order valence-corrected chi connectivity index (χ3v) is 2.71. The van der Waals surface area contributed by atoms with Crippen LogP contribution in [0.1, 0.15) is 27.7 Å². The van der Waals surface area contributed by atoms with Crippen LogP contribution in [0.4, 0.5) is 0 Å². The molecule has 15 heavy (non-hydrogen) atoms. The number of carbonyl (C=O) groups excluding carboxylic acids is 1. The number of methoxy groups -OCH3 is 1. The van der Waals surface area contributed by atoms with Crippen molar-refractivity contribution in [3.63, 3.8) is 0 Å². The molecule has 0 aromatic heterocycles. The second kappa shape index (κ2) is 3.83. The summed E-state index contributed by atoms with van der Waals surface area (Å²) in [6.07, 6.45) is 0. The number of carbonyl (C=O) groups is 1. The number of hydrogen-bond acceptors (Lipinski definition) is 4. The third kappa shape index (κ3) is 2.30. The predicted octanol–water partition coefficient (Wildman–Crippen LogP) is 1.31. The van der Waals surface area contributed by atoms with Gasteiger partial charge >= 0.3 is 5.97 Å². The molecule has 86 valence electrons. The average Bonchev–Trinajstić information content (AvgIpc) is 2.74. The molecule has 0 radical (unpaired) electrons. The maximum Gasteiger partial charge on any atom is 0.328 e. The normalized spacial score (nSPS) is 19.5. The van der Waals surface area contributed by atoms with Gasteiger partial charge in [-0.3, -0.25) is 4.99 Å². The highest BCUT2D eigenvalue weighted by molar-refractivity contribution is 6.04. The van der Waals surface area contributed by atoms with Gasteiger partial charge in [-0.05, 0) is 19.8 Å². The number of aliphatic imine (C=N–C) groups is 1. The highest BCUT2D eigenvalue weighted by atomic mass is 16.5. The van der Waals surface area contributed by atoms with Crippen LogP contribution < -0.4 is 0 Å². The number of ether oxygens (including phenoxy) is 1. The number of esters is 1. The van der Waals surface area contributed by atoms with E-state index in [1.54, 1.807) is 0 Å². The van der Waals surface area contributed by atoms with Gasteiger partial charge in [0.15, 0.2) is 0 Å². The van der Waals surface area contributed by atoms with Crippen LogP contribution in [0.3, 0.4) is 0 Å². The Balaban J connectivity index is 2.74. The molecule has 0 amide bonds. The largest absolute Gasteiger partial charge is 0.467 e. The average molecular weight is 212 g/mol. The van der Waals surface area contributed by atoms with E-state index in [0.29, 0.717) is 0 Å². The predicted molar refractivity (Wildman–Crippen MR) is 59.9 cm³/mol. The Bertz CT molecular complexity index is 295. The van der Waals surface area contributed by atoms with Crippen LogP contribution in [0.2, 0.25) is 0 Å². The first-order valence-electron chi connectivity index (χ1n) is 5.22. The summed E-state index contributed by atoms with van der Waals surface area (Å²) in [5.41, 5.74) is -0.101. The zero-order valence-corrected chi connectivity index (χ0v) is 10.4. The van der Waals surface area contributed by atoms with Crippen molar-refractivity contribution in [1.82, 2.24) is 4.90 Å². The summed E-state index contributed by atoms with van der Waals surface area (Å²) in [5.74, 6) is 0.992. The summed E-state index contributed by atoms with van der Waals surface area (Å²) in [5, 5.41) is 0. The first kappa shape index (κ1) is 12.0. The third-order valence-electron chi connectivity index (χ3n) is 2.71. The summed E-state index contributed by atoms with van der Waals surface area (Å²) >= 11 is 0. The molecule has 1 aliphatic heterocycles. The van der Waals surface area contributed by atoms with E-state index >= 15 is 0 Å². The zero-order chi connectivity index (χ0) is 11.8. The van der Waals surface area contributed by atoms with E-state index in [2.05, 4.69) is 4.99 Å². The van der Waals surface area contributed by atoms with Gasteiger partial charge in [0.2, 0.25) is 0 Å². The number of nitrogens with zero attached hydrogens (tertiary/aromatic N) is 2. The first-order chi connectivity index (χ1) is 6.81. The van der Waals surface area contributed by atoms with Crippen molar-refractivity contribution in [3.05, 3.63) is 0 Å². The number of amidine groups is 1. The van der Waals surface area contributed by atoms with Crippen LogP contribution in [0, 0.1) is 5.92 Å². The first-order valence-corrected chi connectivity index (χ1v) is 5.22. The van der Waals surface area contributed by atoms with E-state index in [0.717, 1.165) is 5.84 Å². The molecule has 0 spiro atoms. The van der Waals surface area contributed by atoms with Gasteiger partial charge in [-0.15, -0.1) is 0 Å². The fourth-order valence-corrected chi connectivity index (χ4v) is 1.88. The molecule has 0 aliphatic carbocycles. The van der Waals surface area contributed by atoms with E-state index < -0.39 is 0 Å². The van der Waals surface area contributed by atoms with E-state index in [1.165, 1.54) is 7.11 Å². The molecule has 0 saturated carbocycles. The van der Waals surface area contributed by atoms with Crippen molar-refractivity contribution in [2.45, 2.75) is 39.3 Å². The van der Waals surface area contributed by atoms with Crippen molar-refractivity contribution >= 4 is 11.8 Å². The van der Waals surface area contributed by atoms with E-state index in [4.69, 9.17) is 4.74 Å². The summed E-state index contributed by atoms with van der Waals surface area (Å²) in [7, 11) is 3.32. The van der Waals surface area contributed by atoms with Crippen molar-refractivity contribution < 1.29 is 9.53 Å². The van der Waals surface area contributed by atoms with Gasteiger partial charge in [-0.1, -0.05) is 13.8 Å². The van der Waals surface area contributed by atoms with E-state index in [-0.39, 0.29) is 23.5 Å². The summed E-state index contributed by atoms with van der Waals surface area (Å²) < 4.78 is 4.81. The lowest BCUT2D eigenvalue weighted by molar-refractivity contribution is -0.146. The minimum Gasteiger partial charge on any atom is -0.467 e. The lowest BCUT2D eigenvalue weighted by Gasteiger charge is -2.28. The number of rotatable bonds is 3. The van der Waals surface area contributed by atoms with E-state index in [9.17, 15) is 4.79 Å². The Labute approximate surface area is 91.3 Å². The molecule has 0 N–H and O–H groups in total. The molecule has 1 aliphatic rings. The molecule has 0 unspecified atom stereocenters. The van der Waals surface area contributed by atoms with Crippen LogP contribution in [0.25, 0.3) is 0 Å². The van der Waals surface area contributed by atoms with Gasteiger partial charge in [-0.25, -0.2) is 4.79 Å². The Hall–Kier alpha value is -1.06. The van der Waals surface area contributed by atoms with Gasteiger partial charge in [0, 0.05) is 7.05 Å². The molecular weight excluding hydrogens is 192 g/mol.